The molecule has 0 aromatic heterocycles. The van der Waals surface area contributed by atoms with Crippen LogP contribution in [0.4, 0.5) is 0 Å². The van der Waals surface area contributed by atoms with Crippen molar-refractivity contribution in [3.8, 4) is 0 Å². The molecule has 0 spiro atoms. The van der Waals surface area contributed by atoms with Gasteiger partial charge in [-0.1, -0.05) is 0 Å². The fourth-order valence-electron chi connectivity index (χ4n) is 5.61. The highest BCUT2D eigenvalue weighted by atomic mass is 127. The maximum absolute atomic E-state index is 5.70. The van der Waals surface area contributed by atoms with Crippen molar-refractivity contribution in [2.24, 2.45) is 10.9 Å². The van der Waals surface area contributed by atoms with Crippen LogP contribution in [-0.2, 0) is 9.47 Å². The normalized spacial score (nSPS) is 28.4. The van der Waals surface area contributed by atoms with Gasteiger partial charge in [0.15, 0.2) is 5.96 Å². The van der Waals surface area contributed by atoms with E-state index in [9.17, 15) is 0 Å². The van der Waals surface area contributed by atoms with Crippen molar-refractivity contribution in [3.05, 3.63) is 0 Å². The van der Waals surface area contributed by atoms with Gasteiger partial charge in [-0.15, -0.1) is 24.0 Å². The highest BCUT2D eigenvalue weighted by Crippen LogP contribution is 2.31. The molecule has 0 amide bonds. The molecule has 4 heterocycles. The molecule has 31 heavy (non-hydrogen) atoms. The number of ether oxygens (including phenoxy) is 2. The van der Waals surface area contributed by atoms with Gasteiger partial charge < -0.3 is 25.0 Å². The summed E-state index contributed by atoms with van der Waals surface area (Å²) in [5.41, 5.74) is 0.198. The molecule has 1 unspecified atom stereocenters. The highest BCUT2D eigenvalue weighted by Gasteiger charge is 2.39. The monoisotopic (exact) mass is 549 g/mol. The van der Waals surface area contributed by atoms with E-state index in [4.69, 9.17) is 14.5 Å². The van der Waals surface area contributed by atoms with Gasteiger partial charge in [-0.2, -0.15) is 0 Å². The van der Waals surface area contributed by atoms with Crippen LogP contribution in [0.2, 0.25) is 0 Å². The van der Waals surface area contributed by atoms with E-state index in [1.807, 2.05) is 0 Å². The molecule has 7 nitrogen and oxygen atoms in total. The summed E-state index contributed by atoms with van der Waals surface area (Å²) in [6.45, 7) is 13.6. The minimum Gasteiger partial charge on any atom is -0.381 e. The number of likely N-dealkylation sites (tertiary alicyclic amines) is 2. The number of guanidine groups is 1. The molecule has 8 heteroatoms. The second-order valence-electron chi connectivity index (χ2n) is 9.67. The van der Waals surface area contributed by atoms with Gasteiger partial charge in [0.1, 0.15) is 0 Å². The van der Waals surface area contributed by atoms with Gasteiger partial charge in [-0.25, -0.2) is 0 Å². The predicted molar refractivity (Wildman–Crippen MR) is 137 cm³/mol. The van der Waals surface area contributed by atoms with Gasteiger partial charge in [0, 0.05) is 57.6 Å². The molecule has 0 radical (unpaired) electrons. The molecule has 1 atom stereocenters. The number of hydrogen-bond donors (Lipinski definition) is 2. The van der Waals surface area contributed by atoms with Crippen LogP contribution in [0.25, 0.3) is 0 Å². The number of nitrogens with zero attached hydrogens (tertiary/aromatic N) is 3. The number of halogens is 1. The lowest BCUT2D eigenvalue weighted by molar-refractivity contribution is -0.0139. The fraction of sp³-hybridized carbons (Fsp3) is 0.957. The lowest BCUT2D eigenvalue weighted by Gasteiger charge is -2.43. The van der Waals surface area contributed by atoms with E-state index in [-0.39, 0.29) is 29.5 Å². The van der Waals surface area contributed by atoms with Crippen molar-refractivity contribution in [1.82, 2.24) is 20.4 Å². The Morgan fingerprint density at radius 2 is 1.74 bits per heavy atom. The summed E-state index contributed by atoms with van der Waals surface area (Å²) in [5.74, 6) is 1.75. The molecule has 180 valence electrons. The third-order valence-electron chi connectivity index (χ3n) is 7.54. The number of hydrogen-bond acceptors (Lipinski definition) is 5. The summed E-state index contributed by atoms with van der Waals surface area (Å²) >= 11 is 0. The summed E-state index contributed by atoms with van der Waals surface area (Å²) in [4.78, 5) is 10.5. The van der Waals surface area contributed by atoms with E-state index in [1.54, 1.807) is 0 Å². The minimum absolute atomic E-state index is 0. The third kappa shape index (κ3) is 7.16. The first-order chi connectivity index (χ1) is 14.8. The highest BCUT2D eigenvalue weighted by molar-refractivity contribution is 14.0. The van der Waals surface area contributed by atoms with Crippen molar-refractivity contribution in [2.45, 2.75) is 63.5 Å². The quantitative estimate of drug-likeness (QED) is 0.289. The van der Waals surface area contributed by atoms with Crippen LogP contribution in [0.5, 0.6) is 0 Å². The molecular weight excluding hydrogens is 505 g/mol. The van der Waals surface area contributed by atoms with Crippen LogP contribution in [0.1, 0.15) is 51.9 Å². The standard InChI is InChI=1S/C23H43N5O2.HI/c1-2-24-22(25-19-23(8-15-29-16-9-23)28-10-3-4-11-28)26-21-5-12-27(13-6-21)17-20-7-14-30-18-20;/h20-21H,2-19H2,1H3,(H2,24,25,26);1H. The Bertz CT molecular complexity index is 538. The topological polar surface area (TPSA) is 61.4 Å². The minimum atomic E-state index is 0. The molecule has 4 aliphatic rings. The zero-order chi connectivity index (χ0) is 20.7. The molecule has 0 aliphatic carbocycles. The molecule has 4 rings (SSSR count). The van der Waals surface area contributed by atoms with Crippen molar-refractivity contribution < 1.29 is 9.47 Å². The summed E-state index contributed by atoms with van der Waals surface area (Å²) in [5, 5.41) is 7.26. The van der Waals surface area contributed by atoms with Gasteiger partial charge >= 0.3 is 0 Å². The van der Waals surface area contributed by atoms with Crippen LogP contribution in [-0.4, -0.2) is 99.6 Å². The van der Waals surface area contributed by atoms with Gasteiger partial charge in [-0.3, -0.25) is 9.89 Å². The zero-order valence-corrected chi connectivity index (χ0v) is 21.8. The van der Waals surface area contributed by atoms with E-state index in [0.29, 0.717) is 6.04 Å². The maximum atomic E-state index is 5.70. The molecular formula is C23H44IN5O2. The second kappa shape index (κ2) is 12.9. The van der Waals surface area contributed by atoms with E-state index in [0.717, 1.165) is 64.2 Å². The van der Waals surface area contributed by atoms with Gasteiger partial charge in [0.05, 0.1) is 13.2 Å². The number of nitrogens with one attached hydrogen (secondary N) is 2. The predicted octanol–water partition coefficient (Wildman–Crippen LogP) is 2.31. The van der Waals surface area contributed by atoms with Gasteiger partial charge in [0.2, 0.25) is 0 Å². The zero-order valence-electron chi connectivity index (χ0n) is 19.4. The van der Waals surface area contributed by atoms with Gasteiger partial charge in [0.25, 0.3) is 0 Å². The summed E-state index contributed by atoms with van der Waals surface area (Å²) in [7, 11) is 0. The molecule has 0 aromatic carbocycles. The molecule has 4 aliphatic heterocycles. The lowest BCUT2D eigenvalue weighted by Crippen LogP contribution is -2.54. The molecule has 0 saturated carbocycles. The molecule has 2 N–H and O–H groups in total. The number of aliphatic imine (C=N–C) groups is 1. The average Bonchev–Trinajstić information content (AvgIpc) is 3.49. The molecule has 0 aromatic rings. The average molecular weight is 550 g/mol. The van der Waals surface area contributed by atoms with Gasteiger partial charge in [-0.05, 0) is 70.9 Å². The van der Waals surface area contributed by atoms with Crippen LogP contribution in [0.15, 0.2) is 4.99 Å². The first-order valence-corrected chi connectivity index (χ1v) is 12.5. The van der Waals surface area contributed by atoms with Crippen LogP contribution < -0.4 is 10.6 Å². The fourth-order valence-corrected chi connectivity index (χ4v) is 5.61. The Morgan fingerprint density at radius 3 is 2.39 bits per heavy atom. The first kappa shape index (κ1) is 25.5. The summed E-state index contributed by atoms with van der Waals surface area (Å²) in [6, 6.07) is 0.524. The lowest BCUT2D eigenvalue weighted by atomic mass is 9.88. The smallest absolute Gasteiger partial charge is 0.191 e. The Morgan fingerprint density at radius 1 is 1.00 bits per heavy atom. The molecule has 4 fully saturated rings. The van der Waals surface area contributed by atoms with E-state index < -0.39 is 0 Å². The van der Waals surface area contributed by atoms with Crippen molar-refractivity contribution in [3.63, 3.8) is 0 Å². The molecule has 0 bridgehead atoms. The van der Waals surface area contributed by atoms with Crippen LogP contribution in [0, 0.1) is 5.92 Å². The van der Waals surface area contributed by atoms with E-state index >= 15 is 0 Å². The Labute approximate surface area is 206 Å². The van der Waals surface area contributed by atoms with E-state index in [2.05, 4.69) is 27.4 Å². The number of rotatable bonds is 7. The maximum Gasteiger partial charge on any atom is 0.191 e. The van der Waals surface area contributed by atoms with Crippen molar-refractivity contribution in [2.75, 3.05) is 72.2 Å². The summed E-state index contributed by atoms with van der Waals surface area (Å²) < 4.78 is 11.2. The largest absolute Gasteiger partial charge is 0.381 e. The SMILES string of the molecule is CCNC(=NCC1(N2CCCC2)CCOCC1)NC1CCN(CC2CCOC2)CC1.I. The van der Waals surface area contributed by atoms with Crippen molar-refractivity contribution in [1.29, 1.82) is 0 Å². The number of piperidine rings is 1. The second-order valence-corrected chi connectivity index (χ2v) is 9.67. The van der Waals surface area contributed by atoms with Crippen LogP contribution >= 0.6 is 24.0 Å². The Balaban J connectivity index is 0.00000272. The van der Waals surface area contributed by atoms with E-state index in [1.165, 1.54) is 64.8 Å². The van der Waals surface area contributed by atoms with Crippen molar-refractivity contribution >= 4 is 29.9 Å². The Kier molecular flexibility index (Phi) is 10.6. The summed E-state index contributed by atoms with van der Waals surface area (Å²) in [6.07, 6.45) is 8.51. The first-order valence-electron chi connectivity index (χ1n) is 12.5. The Hall–Kier alpha value is -0.160. The third-order valence-corrected chi connectivity index (χ3v) is 7.54. The van der Waals surface area contributed by atoms with Crippen LogP contribution in [0.3, 0.4) is 0 Å². The molecule has 4 saturated heterocycles.